The summed E-state index contributed by atoms with van der Waals surface area (Å²) in [6, 6.07) is 0. The van der Waals surface area contributed by atoms with Gasteiger partial charge >= 0.3 is 11.9 Å². The molecule has 4 nitrogen and oxygen atoms in total. The minimum absolute atomic E-state index is 0.128. The summed E-state index contributed by atoms with van der Waals surface area (Å²) in [6.45, 7) is 1.86. The number of ether oxygens (including phenoxy) is 2. The van der Waals surface area contributed by atoms with Crippen molar-refractivity contribution in [1.29, 1.82) is 0 Å². The molecule has 0 N–H and O–H groups in total. The van der Waals surface area contributed by atoms with Crippen molar-refractivity contribution < 1.29 is 19.1 Å². The standard InChI is InChI=1S/C7H10O4/c1-5-4-10-6(8)2-3-7(9)11-5/h5H,2-4H2,1H3. The zero-order chi connectivity index (χ0) is 8.27. The van der Waals surface area contributed by atoms with Gasteiger partial charge in [-0.05, 0) is 6.92 Å². The monoisotopic (exact) mass is 158 g/mol. The highest BCUT2D eigenvalue weighted by Gasteiger charge is 2.17. The van der Waals surface area contributed by atoms with E-state index in [1.807, 2.05) is 0 Å². The van der Waals surface area contributed by atoms with Gasteiger partial charge in [-0.1, -0.05) is 0 Å². The lowest BCUT2D eigenvalue weighted by atomic mass is 10.3. The lowest BCUT2D eigenvalue weighted by Crippen LogP contribution is -2.26. The third kappa shape index (κ3) is 2.57. The number of hydrogen-bond acceptors (Lipinski definition) is 4. The predicted molar refractivity (Wildman–Crippen MR) is 35.7 cm³/mol. The van der Waals surface area contributed by atoms with Gasteiger partial charge in [0.25, 0.3) is 0 Å². The number of cyclic esters (lactones) is 2. The van der Waals surface area contributed by atoms with E-state index in [1.54, 1.807) is 6.92 Å². The molecule has 1 aliphatic heterocycles. The van der Waals surface area contributed by atoms with E-state index < -0.39 is 0 Å². The molecular formula is C7H10O4. The molecule has 11 heavy (non-hydrogen) atoms. The number of rotatable bonds is 0. The van der Waals surface area contributed by atoms with Crippen LogP contribution in [0.3, 0.4) is 0 Å². The average molecular weight is 158 g/mol. The lowest BCUT2D eigenvalue weighted by molar-refractivity contribution is -0.164. The van der Waals surface area contributed by atoms with E-state index in [1.165, 1.54) is 0 Å². The van der Waals surface area contributed by atoms with Crippen LogP contribution in [0, 0.1) is 0 Å². The van der Waals surface area contributed by atoms with Crippen LogP contribution in [-0.2, 0) is 19.1 Å². The summed E-state index contributed by atoms with van der Waals surface area (Å²) in [6.07, 6.45) is -0.0545. The van der Waals surface area contributed by atoms with Crippen LogP contribution in [0.2, 0.25) is 0 Å². The molecule has 1 unspecified atom stereocenters. The maximum absolute atomic E-state index is 10.8. The zero-order valence-electron chi connectivity index (χ0n) is 6.33. The Balaban J connectivity index is 2.47. The highest BCUT2D eigenvalue weighted by Crippen LogP contribution is 2.04. The van der Waals surface area contributed by atoms with E-state index in [0.29, 0.717) is 0 Å². The van der Waals surface area contributed by atoms with Gasteiger partial charge in [0.1, 0.15) is 12.7 Å². The molecule has 0 aliphatic carbocycles. The van der Waals surface area contributed by atoms with Crippen LogP contribution in [0.25, 0.3) is 0 Å². The van der Waals surface area contributed by atoms with Gasteiger partial charge in [-0.15, -0.1) is 0 Å². The highest BCUT2D eigenvalue weighted by molar-refractivity contribution is 5.78. The maximum Gasteiger partial charge on any atom is 0.306 e. The fourth-order valence-electron chi connectivity index (χ4n) is 0.804. The van der Waals surface area contributed by atoms with Gasteiger partial charge in [0.05, 0.1) is 12.8 Å². The van der Waals surface area contributed by atoms with Crippen LogP contribution < -0.4 is 0 Å². The van der Waals surface area contributed by atoms with E-state index >= 15 is 0 Å². The van der Waals surface area contributed by atoms with Gasteiger partial charge < -0.3 is 9.47 Å². The smallest absolute Gasteiger partial charge is 0.306 e. The second-order valence-corrected chi connectivity index (χ2v) is 2.48. The molecule has 1 aliphatic rings. The molecule has 0 aromatic carbocycles. The van der Waals surface area contributed by atoms with Gasteiger partial charge in [-0.3, -0.25) is 9.59 Å². The number of carbonyl (C=O) groups is 2. The zero-order valence-corrected chi connectivity index (χ0v) is 6.33. The van der Waals surface area contributed by atoms with Crippen molar-refractivity contribution in [2.24, 2.45) is 0 Å². The lowest BCUT2D eigenvalue weighted by Gasteiger charge is -2.16. The molecule has 0 amide bonds. The third-order valence-electron chi connectivity index (χ3n) is 1.34. The van der Waals surface area contributed by atoms with Crippen molar-refractivity contribution in [2.75, 3.05) is 6.61 Å². The van der Waals surface area contributed by atoms with E-state index in [-0.39, 0.29) is 37.5 Å². The van der Waals surface area contributed by atoms with E-state index in [0.717, 1.165) is 0 Å². The van der Waals surface area contributed by atoms with Crippen LogP contribution in [0.1, 0.15) is 19.8 Å². The summed E-state index contributed by atoms with van der Waals surface area (Å²) in [5.41, 5.74) is 0. The van der Waals surface area contributed by atoms with E-state index in [2.05, 4.69) is 0 Å². The Morgan fingerprint density at radius 3 is 2.64 bits per heavy atom. The van der Waals surface area contributed by atoms with Crippen molar-refractivity contribution in [3.63, 3.8) is 0 Å². The molecular weight excluding hydrogens is 148 g/mol. The Morgan fingerprint density at radius 1 is 1.27 bits per heavy atom. The summed E-state index contributed by atoms with van der Waals surface area (Å²) < 4.78 is 9.55. The molecule has 1 atom stereocenters. The third-order valence-corrected chi connectivity index (χ3v) is 1.34. The quantitative estimate of drug-likeness (QED) is 0.474. The molecule has 0 bridgehead atoms. The maximum atomic E-state index is 10.8. The largest absolute Gasteiger partial charge is 0.462 e. The van der Waals surface area contributed by atoms with Gasteiger partial charge in [0, 0.05) is 0 Å². The molecule has 1 heterocycles. The molecule has 0 spiro atoms. The summed E-state index contributed by atoms with van der Waals surface area (Å²) in [5, 5.41) is 0. The normalized spacial score (nSPS) is 26.5. The van der Waals surface area contributed by atoms with E-state index in [9.17, 15) is 9.59 Å². The Morgan fingerprint density at radius 2 is 1.91 bits per heavy atom. The van der Waals surface area contributed by atoms with Gasteiger partial charge in [-0.25, -0.2) is 0 Å². The van der Waals surface area contributed by atoms with Crippen molar-refractivity contribution in [1.82, 2.24) is 0 Å². The first-order valence-electron chi connectivity index (χ1n) is 3.53. The SMILES string of the molecule is CC1COC(=O)CCC(=O)O1. The van der Waals surface area contributed by atoms with Gasteiger partial charge in [0.15, 0.2) is 0 Å². The van der Waals surface area contributed by atoms with Crippen molar-refractivity contribution in [3.05, 3.63) is 0 Å². The predicted octanol–water partition coefficient (Wildman–Crippen LogP) is 0.255. The molecule has 62 valence electrons. The Hall–Kier alpha value is -1.06. The number of esters is 2. The fourth-order valence-corrected chi connectivity index (χ4v) is 0.804. The summed E-state index contributed by atoms with van der Waals surface area (Å²) in [7, 11) is 0. The fraction of sp³-hybridized carbons (Fsp3) is 0.714. The Kier molecular flexibility index (Phi) is 2.46. The van der Waals surface area contributed by atoms with Crippen molar-refractivity contribution in [2.45, 2.75) is 25.9 Å². The summed E-state index contributed by atoms with van der Waals surface area (Å²) >= 11 is 0. The second kappa shape index (κ2) is 3.37. The molecule has 0 saturated carbocycles. The van der Waals surface area contributed by atoms with Crippen LogP contribution in [0.4, 0.5) is 0 Å². The molecule has 0 radical (unpaired) electrons. The van der Waals surface area contributed by atoms with Gasteiger partial charge in [-0.2, -0.15) is 0 Å². The van der Waals surface area contributed by atoms with Gasteiger partial charge in [0.2, 0.25) is 0 Å². The van der Waals surface area contributed by atoms with Crippen LogP contribution in [0.5, 0.6) is 0 Å². The second-order valence-electron chi connectivity index (χ2n) is 2.48. The van der Waals surface area contributed by atoms with Crippen molar-refractivity contribution >= 4 is 11.9 Å². The minimum Gasteiger partial charge on any atom is -0.462 e. The topological polar surface area (TPSA) is 52.6 Å². The number of hydrogen-bond donors (Lipinski definition) is 0. The first-order valence-corrected chi connectivity index (χ1v) is 3.53. The van der Waals surface area contributed by atoms with Crippen LogP contribution >= 0.6 is 0 Å². The molecule has 0 aromatic heterocycles. The summed E-state index contributed by atoms with van der Waals surface area (Å²) in [4.78, 5) is 21.5. The Labute approximate surface area is 64.5 Å². The minimum atomic E-state index is -0.325. The van der Waals surface area contributed by atoms with Crippen LogP contribution in [-0.4, -0.2) is 24.6 Å². The van der Waals surface area contributed by atoms with E-state index in [4.69, 9.17) is 9.47 Å². The molecule has 1 saturated heterocycles. The molecule has 1 rings (SSSR count). The Bertz CT molecular complexity index is 175. The first kappa shape index (κ1) is 8.04. The van der Waals surface area contributed by atoms with Crippen molar-refractivity contribution in [3.8, 4) is 0 Å². The average Bonchev–Trinajstić information content (AvgIpc) is 1.95. The first-order chi connectivity index (χ1) is 5.18. The molecule has 1 fully saturated rings. The van der Waals surface area contributed by atoms with Crippen LogP contribution in [0.15, 0.2) is 0 Å². The highest BCUT2D eigenvalue weighted by atomic mass is 16.6. The number of carbonyl (C=O) groups excluding carboxylic acids is 2. The molecule has 4 heteroatoms. The molecule has 0 aromatic rings. The summed E-state index contributed by atoms with van der Waals surface area (Å²) in [5.74, 6) is -0.650.